The van der Waals surface area contributed by atoms with Crippen LogP contribution in [0, 0.1) is 31.9 Å². The van der Waals surface area contributed by atoms with Gasteiger partial charge in [-0.2, -0.15) is 0 Å². The van der Waals surface area contributed by atoms with Crippen LogP contribution in [0.3, 0.4) is 0 Å². The first-order valence-corrected chi connectivity index (χ1v) is 24.2. The number of imidazole rings is 1. The molecule has 0 aliphatic heterocycles. The molecule has 1 aliphatic carbocycles. The van der Waals surface area contributed by atoms with Gasteiger partial charge in [-0.05, 0) is 89.7 Å². The van der Waals surface area contributed by atoms with E-state index in [4.69, 9.17) is 14.4 Å². The van der Waals surface area contributed by atoms with E-state index in [1.165, 1.54) is 54.4 Å². The van der Waals surface area contributed by atoms with E-state index in [1.54, 1.807) is 10.8 Å². The number of rotatable bonds is 7. The monoisotopic (exact) mass is 964 g/mol. The van der Waals surface area contributed by atoms with Crippen molar-refractivity contribution >= 4 is 46.2 Å². The summed E-state index contributed by atoms with van der Waals surface area (Å²) in [4.78, 5) is 9.87. The van der Waals surface area contributed by atoms with Crippen LogP contribution in [0.15, 0.2) is 144 Å². The van der Waals surface area contributed by atoms with Gasteiger partial charge < -0.3 is 14.0 Å². The molecule has 4 nitrogen and oxygen atoms in total. The molecule has 0 N–H and O–H groups in total. The van der Waals surface area contributed by atoms with Crippen molar-refractivity contribution in [2.45, 2.75) is 65.6 Å². The molecule has 1 radical (unpaired) electrons. The Bertz CT molecular complexity index is 2860. The van der Waals surface area contributed by atoms with Crippen molar-refractivity contribution in [1.82, 2.24) is 14.5 Å². The van der Waals surface area contributed by atoms with Crippen LogP contribution in [0.4, 0.5) is 0 Å². The number of pyridine rings is 1. The number of hydrogen-bond donors (Lipinski definition) is 0. The van der Waals surface area contributed by atoms with E-state index in [9.17, 15) is 0 Å². The van der Waals surface area contributed by atoms with Crippen molar-refractivity contribution < 1.29 is 24.5 Å². The third kappa shape index (κ3) is 8.15. The Kier molecular flexibility index (Phi) is 11.7. The zero-order chi connectivity index (χ0) is 39.8. The zero-order valence-corrected chi connectivity index (χ0v) is 37.9. The minimum Gasteiger partial charge on any atom is -0.501 e. The van der Waals surface area contributed by atoms with Crippen LogP contribution in [-0.4, -0.2) is 22.6 Å². The number of nitrogens with zero attached hydrogens (tertiary/aromatic N) is 3. The van der Waals surface area contributed by atoms with Crippen molar-refractivity contribution in [2.75, 3.05) is 0 Å². The summed E-state index contributed by atoms with van der Waals surface area (Å²) in [7, 11) is -1.35. The predicted molar refractivity (Wildman–Crippen MR) is 245 cm³/mol. The molecule has 297 valence electrons. The van der Waals surface area contributed by atoms with Gasteiger partial charge in [-0.15, -0.1) is 54.1 Å². The van der Waals surface area contributed by atoms with Gasteiger partial charge in [0.25, 0.3) is 0 Å². The summed E-state index contributed by atoms with van der Waals surface area (Å²) in [6, 6.07) is 52.8. The first-order chi connectivity index (χ1) is 28.2. The maximum atomic E-state index is 6.38. The van der Waals surface area contributed by atoms with Gasteiger partial charge in [0.15, 0.2) is 0 Å². The first kappa shape index (κ1) is 40.4. The Morgan fingerprint density at radius 2 is 1.44 bits per heavy atom. The van der Waals surface area contributed by atoms with Crippen LogP contribution in [0.25, 0.3) is 72.4 Å². The Morgan fingerprint density at radius 1 is 0.729 bits per heavy atom. The fraction of sp³-hybridized carbons (Fsp3) is 0.208. The second kappa shape index (κ2) is 17.1. The Balaban J connectivity index is 0.000000181. The van der Waals surface area contributed by atoms with Crippen LogP contribution >= 0.6 is 0 Å². The van der Waals surface area contributed by atoms with Crippen molar-refractivity contribution in [2.24, 2.45) is 5.92 Å². The van der Waals surface area contributed by atoms with E-state index in [0.29, 0.717) is 0 Å². The van der Waals surface area contributed by atoms with Gasteiger partial charge in [-0.1, -0.05) is 129 Å². The molecule has 0 bridgehead atoms. The fourth-order valence-corrected chi connectivity index (χ4v) is 10.5. The van der Waals surface area contributed by atoms with E-state index in [0.717, 1.165) is 67.2 Å². The minimum atomic E-state index is -1.35. The summed E-state index contributed by atoms with van der Waals surface area (Å²) in [6.07, 6.45) is 9.03. The summed E-state index contributed by atoms with van der Waals surface area (Å²) in [5, 5.41) is 3.72. The van der Waals surface area contributed by atoms with Gasteiger partial charge in [0.05, 0.1) is 30.5 Å². The molecule has 6 aromatic carbocycles. The number of hydrogen-bond acceptors (Lipinski definition) is 3. The molecule has 9 aromatic rings. The van der Waals surface area contributed by atoms with Crippen LogP contribution in [0.2, 0.25) is 19.6 Å². The maximum absolute atomic E-state index is 6.38. The largest absolute Gasteiger partial charge is 0.501 e. The van der Waals surface area contributed by atoms with Gasteiger partial charge in [0.2, 0.25) is 0 Å². The molecule has 1 aliphatic rings. The number of aromatic nitrogens is 3. The van der Waals surface area contributed by atoms with Gasteiger partial charge in [-0.25, -0.2) is 0 Å². The quantitative estimate of drug-likeness (QED) is 0.118. The van der Waals surface area contributed by atoms with Crippen molar-refractivity contribution in [3.8, 4) is 39.5 Å². The number of fused-ring (bicyclic) bond motifs is 4. The fourth-order valence-electron chi connectivity index (χ4n) is 8.95. The van der Waals surface area contributed by atoms with E-state index in [2.05, 4.69) is 147 Å². The van der Waals surface area contributed by atoms with Crippen molar-refractivity contribution in [3.05, 3.63) is 168 Å². The summed E-state index contributed by atoms with van der Waals surface area (Å²) >= 11 is 0. The first-order valence-electron chi connectivity index (χ1n) is 20.7. The Labute approximate surface area is 362 Å². The summed E-state index contributed by atoms with van der Waals surface area (Å²) in [6.45, 7) is 11.6. The second-order valence-corrected chi connectivity index (χ2v) is 21.9. The molecule has 59 heavy (non-hydrogen) atoms. The summed E-state index contributed by atoms with van der Waals surface area (Å²) < 4.78 is 8.65. The van der Waals surface area contributed by atoms with Crippen LogP contribution in [-0.2, 0) is 26.5 Å². The SMILES string of the molecule is C[Si](C)(C)c1cnc(-c2[c-]cccc2)cc1CC1CCCC1.Cc1cc(-c2ccccc2)cc(C)c1-n1c(-c2[c-]ccc3c2oc2ccccc23)nc2ccccc21.[Ir]. The topological polar surface area (TPSA) is 43.9 Å². The molecule has 3 aromatic heterocycles. The van der Waals surface area contributed by atoms with E-state index in [-0.39, 0.29) is 20.1 Å². The number of para-hydroxylation sites is 3. The number of aryl methyl sites for hydroxylation is 2. The van der Waals surface area contributed by atoms with Crippen LogP contribution < -0.4 is 5.19 Å². The average molecular weight is 964 g/mol. The van der Waals surface area contributed by atoms with Gasteiger partial charge in [-0.3, -0.25) is 4.98 Å². The van der Waals surface area contributed by atoms with Crippen LogP contribution in [0.1, 0.15) is 42.4 Å². The molecule has 0 atom stereocenters. The zero-order valence-electron chi connectivity index (χ0n) is 34.5. The van der Waals surface area contributed by atoms with E-state index in [1.807, 2.05) is 42.5 Å². The molecule has 1 saturated carbocycles. The third-order valence-corrected chi connectivity index (χ3v) is 13.8. The van der Waals surface area contributed by atoms with Gasteiger partial charge >= 0.3 is 0 Å². The van der Waals surface area contributed by atoms with Gasteiger partial charge in [0.1, 0.15) is 5.58 Å². The van der Waals surface area contributed by atoms with Crippen molar-refractivity contribution in [3.63, 3.8) is 0 Å². The maximum Gasteiger partial charge on any atom is 0.120 e. The third-order valence-electron chi connectivity index (χ3n) is 11.7. The molecular weight excluding hydrogens is 915 g/mol. The predicted octanol–water partition coefficient (Wildman–Crippen LogP) is 13.5. The number of furan rings is 1. The molecular formula is C53H49IrN3OSi-2. The standard InChI is InChI=1S/C33H23N2O.C20H26NSi.Ir/c1-21-19-24(23-11-4-3-5-12-23)20-22(2)31(21)35-29-17-8-7-16-28(29)34-33(35)27-15-10-14-26-25-13-6-9-18-30(25)36-32(26)27;1-22(2,3)20-15-21-19(17-11-5-4-6-12-17)14-18(20)13-16-9-7-8-10-16;/h3-14,16-20H,1-2H3;4-6,11,14-16H,7-10,13H2,1-3H3;/q2*-1;. The molecule has 0 saturated heterocycles. The average Bonchev–Trinajstić information content (AvgIpc) is 3.99. The van der Waals surface area contributed by atoms with E-state index >= 15 is 0 Å². The molecule has 0 unspecified atom stereocenters. The van der Waals surface area contributed by atoms with Crippen LogP contribution in [0.5, 0.6) is 0 Å². The van der Waals surface area contributed by atoms with Gasteiger partial charge in [0, 0.05) is 37.4 Å². The summed E-state index contributed by atoms with van der Waals surface area (Å²) in [5.74, 6) is 1.71. The molecule has 3 heterocycles. The molecule has 6 heteroatoms. The summed E-state index contributed by atoms with van der Waals surface area (Å²) in [5.41, 5.74) is 14.2. The molecule has 1 fully saturated rings. The Morgan fingerprint density at radius 3 is 2.19 bits per heavy atom. The molecule has 0 spiro atoms. The van der Waals surface area contributed by atoms with E-state index < -0.39 is 8.07 Å². The minimum absolute atomic E-state index is 0. The normalized spacial score (nSPS) is 13.1. The smallest absolute Gasteiger partial charge is 0.120 e. The number of benzene rings is 6. The molecule has 10 rings (SSSR count). The second-order valence-electron chi connectivity index (χ2n) is 16.9. The molecule has 0 amide bonds. The Hall–Kier alpha value is -5.39. The van der Waals surface area contributed by atoms with Crippen molar-refractivity contribution in [1.29, 1.82) is 0 Å².